The average Bonchev–Trinajstić information content (AvgIpc) is 2.93. The Morgan fingerprint density at radius 1 is 1.24 bits per heavy atom. The van der Waals surface area contributed by atoms with Crippen molar-refractivity contribution in [3.8, 4) is 6.01 Å². The first-order valence-corrected chi connectivity index (χ1v) is 6.90. The minimum Gasteiger partial charge on any atom is -0.463 e. The number of fused-ring (bicyclic) bond motifs is 1. The van der Waals surface area contributed by atoms with Gasteiger partial charge in [-0.25, -0.2) is 4.79 Å². The van der Waals surface area contributed by atoms with E-state index in [0.29, 0.717) is 0 Å². The molecular formula is C13H21N5O3. The third kappa shape index (κ3) is 2.58. The monoisotopic (exact) mass is 295 g/mol. The van der Waals surface area contributed by atoms with Crippen LogP contribution < -0.4 is 21.7 Å². The number of H-pyrrole nitrogens is 1. The number of aryl methyl sites for hydroxylation is 1. The van der Waals surface area contributed by atoms with E-state index < -0.39 is 16.8 Å². The lowest BCUT2D eigenvalue weighted by atomic mass is 9.96. The maximum Gasteiger partial charge on any atom is 0.332 e. The van der Waals surface area contributed by atoms with Gasteiger partial charge in [0.15, 0.2) is 11.2 Å². The molecule has 8 heteroatoms. The molecule has 0 spiro atoms. The van der Waals surface area contributed by atoms with Crippen molar-refractivity contribution in [3.05, 3.63) is 20.8 Å². The van der Waals surface area contributed by atoms with Crippen molar-refractivity contribution in [1.82, 2.24) is 19.1 Å². The lowest BCUT2D eigenvalue weighted by Gasteiger charge is -2.25. The van der Waals surface area contributed by atoms with E-state index in [1.807, 2.05) is 13.8 Å². The molecule has 8 nitrogen and oxygen atoms in total. The minimum atomic E-state index is -0.435. The van der Waals surface area contributed by atoms with Crippen LogP contribution in [0.3, 0.4) is 0 Å². The molecule has 0 radical (unpaired) electrons. The fourth-order valence-electron chi connectivity index (χ4n) is 2.04. The van der Waals surface area contributed by atoms with Crippen LogP contribution in [-0.4, -0.2) is 31.2 Å². The van der Waals surface area contributed by atoms with E-state index in [9.17, 15) is 9.59 Å². The van der Waals surface area contributed by atoms with Gasteiger partial charge in [0.2, 0.25) is 0 Å². The lowest BCUT2D eigenvalue weighted by Crippen LogP contribution is -2.44. The zero-order valence-corrected chi connectivity index (χ0v) is 12.8. The summed E-state index contributed by atoms with van der Waals surface area (Å²) in [5.41, 5.74) is 5.38. The molecule has 0 saturated heterocycles. The summed E-state index contributed by atoms with van der Waals surface area (Å²) in [5.74, 6) is 0. The summed E-state index contributed by atoms with van der Waals surface area (Å²) in [6.45, 7) is 4.27. The predicted octanol–water partition coefficient (Wildman–Crippen LogP) is -0.143. The van der Waals surface area contributed by atoms with Gasteiger partial charge in [0.05, 0.1) is 0 Å². The Labute approximate surface area is 121 Å². The Morgan fingerprint density at radius 3 is 2.43 bits per heavy atom. The molecule has 0 atom stereocenters. The summed E-state index contributed by atoms with van der Waals surface area (Å²) in [6, 6.07) is 0.194. The molecule has 21 heavy (non-hydrogen) atoms. The second-order valence-electron chi connectivity index (χ2n) is 5.30. The van der Waals surface area contributed by atoms with Gasteiger partial charge in [0.25, 0.3) is 11.6 Å². The fourth-order valence-corrected chi connectivity index (χ4v) is 2.04. The number of hydrogen-bond acceptors (Lipinski definition) is 5. The second-order valence-corrected chi connectivity index (χ2v) is 5.30. The van der Waals surface area contributed by atoms with Gasteiger partial charge in [-0.15, -0.1) is 0 Å². The van der Waals surface area contributed by atoms with E-state index in [4.69, 9.17) is 10.5 Å². The van der Waals surface area contributed by atoms with Crippen molar-refractivity contribution in [2.45, 2.75) is 32.2 Å². The average molecular weight is 295 g/mol. The van der Waals surface area contributed by atoms with E-state index in [2.05, 4.69) is 9.97 Å². The molecule has 2 heterocycles. The molecule has 3 N–H and O–H groups in total. The molecule has 116 valence electrons. The molecule has 2 rings (SSSR count). The molecule has 0 bridgehead atoms. The van der Waals surface area contributed by atoms with Crippen LogP contribution in [0.1, 0.15) is 26.7 Å². The first-order chi connectivity index (χ1) is 9.83. The summed E-state index contributed by atoms with van der Waals surface area (Å²) in [5, 5.41) is 0. The van der Waals surface area contributed by atoms with Gasteiger partial charge in [-0.2, -0.15) is 4.98 Å². The lowest BCUT2D eigenvalue weighted by molar-refractivity contribution is 0.196. The molecule has 0 aromatic carbocycles. The molecule has 0 amide bonds. The molecule has 0 aliphatic carbocycles. The van der Waals surface area contributed by atoms with E-state index in [1.165, 1.54) is 11.6 Å². The quantitative estimate of drug-likeness (QED) is 0.798. The standard InChI is InChI=1S/C13H21N5O3/c1-5-13(14,6-2)7-21-11-15-8-9(16-11)17(3)12(20)18(4)10(8)19/h5-7,14H2,1-4H3,(H,15,16). The number of imidazole rings is 1. The van der Waals surface area contributed by atoms with Crippen LogP contribution in [0.4, 0.5) is 0 Å². The Balaban J connectivity index is 2.41. The number of ether oxygens (including phenoxy) is 1. The van der Waals surface area contributed by atoms with Crippen LogP contribution in [0.5, 0.6) is 6.01 Å². The zero-order chi connectivity index (χ0) is 15.8. The SMILES string of the molecule is CCC(N)(CC)COc1nc2c([nH]1)c(=O)n(C)c(=O)n2C. The van der Waals surface area contributed by atoms with Crippen LogP contribution in [0.15, 0.2) is 9.59 Å². The number of rotatable bonds is 5. The summed E-state index contributed by atoms with van der Waals surface area (Å²) in [6.07, 6.45) is 1.54. The molecule has 0 fully saturated rings. The minimum absolute atomic E-state index is 0.194. The normalized spacial score (nSPS) is 12.0. The van der Waals surface area contributed by atoms with Gasteiger partial charge < -0.3 is 15.5 Å². The van der Waals surface area contributed by atoms with E-state index in [-0.39, 0.29) is 23.8 Å². The van der Waals surface area contributed by atoms with Crippen molar-refractivity contribution in [2.24, 2.45) is 19.8 Å². The summed E-state index contributed by atoms with van der Waals surface area (Å²) < 4.78 is 7.90. The predicted molar refractivity (Wildman–Crippen MR) is 79.6 cm³/mol. The topological polar surface area (TPSA) is 108 Å². The van der Waals surface area contributed by atoms with Crippen molar-refractivity contribution >= 4 is 11.2 Å². The van der Waals surface area contributed by atoms with Crippen molar-refractivity contribution in [2.75, 3.05) is 6.61 Å². The highest BCUT2D eigenvalue weighted by Crippen LogP contribution is 2.15. The van der Waals surface area contributed by atoms with E-state index >= 15 is 0 Å². The van der Waals surface area contributed by atoms with Gasteiger partial charge in [-0.3, -0.25) is 13.9 Å². The van der Waals surface area contributed by atoms with Gasteiger partial charge in [-0.05, 0) is 12.8 Å². The zero-order valence-electron chi connectivity index (χ0n) is 12.8. The van der Waals surface area contributed by atoms with Gasteiger partial charge >= 0.3 is 5.69 Å². The molecule has 0 unspecified atom stereocenters. The van der Waals surface area contributed by atoms with E-state index in [1.54, 1.807) is 7.05 Å². The molecule has 2 aromatic heterocycles. The largest absolute Gasteiger partial charge is 0.463 e. The Hall–Kier alpha value is -2.09. The van der Waals surface area contributed by atoms with Crippen LogP contribution in [-0.2, 0) is 14.1 Å². The second kappa shape index (κ2) is 5.36. The third-order valence-electron chi connectivity index (χ3n) is 3.98. The van der Waals surface area contributed by atoms with Crippen LogP contribution >= 0.6 is 0 Å². The highest BCUT2D eigenvalue weighted by Gasteiger charge is 2.22. The van der Waals surface area contributed by atoms with Crippen LogP contribution in [0, 0.1) is 0 Å². The molecule has 0 aliphatic rings. The fraction of sp³-hybridized carbons (Fsp3) is 0.615. The van der Waals surface area contributed by atoms with Gasteiger partial charge in [-0.1, -0.05) is 13.8 Å². The highest BCUT2D eigenvalue weighted by atomic mass is 16.5. The number of nitrogens with zero attached hydrogens (tertiary/aromatic N) is 3. The molecule has 0 aliphatic heterocycles. The van der Waals surface area contributed by atoms with Crippen LogP contribution in [0.2, 0.25) is 0 Å². The number of hydrogen-bond donors (Lipinski definition) is 2. The van der Waals surface area contributed by atoms with Crippen molar-refractivity contribution < 1.29 is 4.74 Å². The molecule has 2 aromatic rings. The molecule has 0 saturated carbocycles. The maximum atomic E-state index is 12.0. The number of aromatic amines is 1. The highest BCUT2D eigenvalue weighted by molar-refractivity contribution is 5.70. The number of nitrogens with one attached hydrogen (secondary N) is 1. The summed E-state index contributed by atoms with van der Waals surface area (Å²) >= 11 is 0. The van der Waals surface area contributed by atoms with Crippen LogP contribution in [0.25, 0.3) is 11.2 Å². The first-order valence-electron chi connectivity index (χ1n) is 6.90. The smallest absolute Gasteiger partial charge is 0.332 e. The van der Waals surface area contributed by atoms with Gasteiger partial charge in [0.1, 0.15) is 6.61 Å². The Kier molecular flexibility index (Phi) is 3.91. The Bertz CT molecular complexity index is 766. The Morgan fingerprint density at radius 2 is 1.86 bits per heavy atom. The van der Waals surface area contributed by atoms with Gasteiger partial charge in [0, 0.05) is 19.6 Å². The first kappa shape index (κ1) is 15.3. The maximum absolute atomic E-state index is 12.0. The third-order valence-corrected chi connectivity index (χ3v) is 3.98. The van der Waals surface area contributed by atoms with E-state index in [0.717, 1.165) is 17.4 Å². The summed E-state index contributed by atoms with van der Waals surface area (Å²) in [4.78, 5) is 30.8. The summed E-state index contributed by atoms with van der Waals surface area (Å²) in [7, 11) is 2.98. The number of nitrogens with two attached hydrogens (primary N) is 1. The number of aromatic nitrogens is 4. The molecular weight excluding hydrogens is 274 g/mol. The van der Waals surface area contributed by atoms with Crippen molar-refractivity contribution in [1.29, 1.82) is 0 Å². The van der Waals surface area contributed by atoms with Crippen molar-refractivity contribution in [3.63, 3.8) is 0 Å².